The van der Waals surface area contributed by atoms with Crippen molar-refractivity contribution in [3.05, 3.63) is 48.6 Å². The molecule has 0 heterocycles. The Morgan fingerprint density at radius 2 is 0.929 bits per heavy atom. The van der Waals surface area contributed by atoms with Crippen LogP contribution in [0, 0.1) is 23.7 Å². The summed E-state index contributed by atoms with van der Waals surface area (Å²) >= 11 is 0. The molecular formula is C14H16. The van der Waals surface area contributed by atoms with Crippen molar-refractivity contribution in [1.82, 2.24) is 0 Å². The smallest absolute Gasteiger partial charge is 0.00160 e. The van der Waals surface area contributed by atoms with Crippen LogP contribution < -0.4 is 0 Å². The van der Waals surface area contributed by atoms with Crippen LogP contribution in [0.2, 0.25) is 0 Å². The monoisotopic (exact) mass is 184 g/mol. The molecule has 2 atom stereocenters. The Bertz CT molecular complexity index is 272. The van der Waals surface area contributed by atoms with E-state index in [1.807, 2.05) is 0 Å². The van der Waals surface area contributed by atoms with Gasteiger partial charge >= 0.3 is 0 Å². The molecule has 0 amide bonds. The highest BCUT2D eigenvalue weighted by molar-refractivity contribution is 5.24. The van der Waals surface area contributed by atoms with Gasteiger partial charge in [-0.1, -0.05) is 48.6 Å². The van der Waals surface area contributed by atoms with Crippen LogP contribution in [0.4, 0.5) is 0 Å². The Morgan fingerprint density at radius 1 is 0.571 bits per heavy atom. The average molecular weight is 184 g/mol. The molecule has 3 rings (SSSR count). The molecular weight excluding hydrogens is 168 g/mol. The lowest BCUT2D eigenvalue weighted by atomic mass is 9.62. The maximum Gasteiger partial charge on any atom is -0.00160 e. The molecule has 0 bridgehead atoms. The van der Waals surface area contributed by atoms with E-state index in [1.54, 1.807) is 0 Å². The maximum atomic E-state index is 2.36. The molecule has 0 unspecified atom stereocenters. The second-order valence-electron chi connectivity index (χ2n) is 4.60. The maximum absolute atomic E-state index is 2.36. The predicted molar refractivity (Wildman–Crippen MR) is 59.8 cm³/mol. The molecule has 14 heavy (non-hydrogen) atoms. The fourth-order valence-corrected chi connectivity index (χ4v) is 2.98. The minimum atomic E-state index is 0.733. The molecule has 0 N–H and O–H groups in total. The van der Waals surface area contributed by atoms with Gasteiger partial charge in [0, 0.05) is 0 Å². The fraction of sp³-hybridized carbons (Fsp3) is 0.429. The van der Waals surface area contributed by atoms with E-state index >= 15 is 0 Å². The molecule has 1 fully saturated rings. The van der Waals surface area contributed by atoms with E-state index < -0.39 is 0 Å². The van der Waals surface area contributed by atoms with E-state index in [2.05, 4.69) is 48.6 Å². The SMILES string of the molecule is C1=CC([C@H]2CC[C@H]2C2C=CC=C2)C=C1. The first kappa shape index (κ1) is 8.28. The minimum Gasteiger partial charge on any atom is -0.0773 e. The fourth-order valence-electron chi connectivity index (χ4n) is 2.98. The van der Waals surface area contributed by atoms with Crippen LogP contribution in [0.25, 0.3) is 0 Å². The van der Waals surface area contributed by atoms with Gasteiger partial charge in [-0.05, 0) is 36.5 Å². The van der Waals surface area contributed by atoms with Gasteiger partial charge in [0.15, 0.2) is 0 Å². The molecule has 0 aromatic carbocycles. The van der Waals surface area contributed by atoms with Crippen molar-refractivity contribution in [2.24, 2.45) is 23.7 Å². The second kappa shape index (κ2) is 3.27. The van der Waals surface area contributed by atoms with Gasteiger partial charge in [-0.2, -0.15) is 0 Å². The van der Waals surface area contributed by atoms with Gasteiger partial charge in [0.1, 0.15) is 0 Å². The van der Waals surface area contributed by atoms with Crippen LogP contribution >= 0.6 is 0 Å². The van der Waals surface area contributed by atoms with Crippen LogP contribution in [0.3, 0.4) is 0 Å². The van der Waals surface area contributed by atoms with Gasteiger partial charge in [-0.3, -0.25) is 0 Å². The van der Waals surface area contributed by atoms with Crippen LogP contribution in [0.5, 0.6) is 0 Å². The highest BCUT2D eigenvalue weighted by atomic mass is 14.4. The third-order valence-electron chi connectivity index (χ3n) is 3.93. The summed E-state index contributed by atoms with van der Waals surface area (Å²) in [5.74, 6) is 3.28. The molecule has 3 aliphatic carbocycles. The van der Waals surface area contributed by atoms with Crippen LogP contribution in [-0.4, -0.2) is 0 Å². The molecule has 0 radical (unpaired) electrons. The summed E-state index contributed by atoms with van der Waals surface area (Å²) in [6.07, 6.45) is 21.1. The molecule has 3 aliphatic rings. The first-order chi connectivity index (χ1) is 6.95. The number of hydrogen-bond acceptors (Lipinski definition) is 0. The van der Waals surface area contributed by atoms with Crippen molar-refractivity contribution >= 4 is 0 Å². The molecule has 0 nitrogen and oxygen atoms in total. The summed E-state index contributed by atoms with van der Waals surface area (Å²) in [5, 5.41) is 0. The lowest BCUT2D eigenvalue weighted by molar-refractivity contribution is 0.123. The van der Waals surface area contributed by atoms with Crippen molar-refractivity contribution in [2.45, 2.75) is 12.8 Å². The molecule has 0 aliphatic heterocycles. The summed E-state index contributed by atoms with van der Waals surface area (Å²) in [6, 6.07) is 0. The van der Waals surface area contributed by atoms with Crippen molar-refractivity contribution in [3.8, 4) is 0 Å². The van der Waals surface area contributed by atoms with Crippen LogP contribution in [-0.2, 0) is 0 Å². The predicted octanol–water partition coefficient (Wildman–Crippen LogP) is 3.50. The van der Waals surface area contributed by atoms with E-state index in [0.717, 1.165) is 23.7 Å². The normalized spacial score (nSPS) is 35.7. The van der Waals surface area contributed by atoms with E-state index in [1.165, 1.54) is 12.8 Å². The largest absolute Gasteiger partial charge is 0.0773 e. The van der Waals surface area contributed by atoms with Gasteiger partial charge in [-0.25, -0.2) is 0 Å². The molecule has 0 spiro atoms. The Hall–Kier alpha value is -1.04. The van der Waals surface area contributed by atoms with E-state index in [0.29, 0.717) is 0 Å². The lowest BCUT2D eigenvalue weighted by Crippen LogP contribution is -2.34. The molecule has 0 aromatic rings. The van der Waals surface area contributed by atoms with Crippen molar-refractivity contribution in [3.63, 3.8) is 0 Å². The van der Waals surface area contributed by atoms with E-state index in [-0.39, 0.29) is 0 Å². The quantitative estimate of drug-likeness (QED) is 0.616. The van der Waals surface area contributed by atoms with Gasteiger partial charge in [0.05, 0.1) is 0 Å². The van der Waals surface area contributed by atoms with Crippen LogP contribution in [0.1, 0.15) is 12.8 Å². The van der Waals surface area contributed by atoms with Gasteiger partial charge in [-0.15, -0.1) is 0 Å². The molecule has 1 saturated carbocycles. The van der Waals surface area contributed by atoms with Gasteiger partial charge < -0.3 is 0 Å². The Labute approximate surface area is 85.7 Å². The van der Waals surface area contributed by atoms with E-state index in [4.69, 9.17) is 0 Å². The zero-order valence-corrected chi connectivity index (χ0v) is 8.34. The first-order valence-corrected chi connectivity index (χ1v) is 5.65. The summed E-state index contributed by atoms with van der Waals surface area (Å²) in [7, 11) is 0. The van der Waals surface area contributed by atoms with Gasteiger partial charge in [0.2, 0.25) is 0 Å². The molecule has 0 aromatic heterocycles. The standard InChI is InChI=1S/C14H16/c1-2-6-11(5-1)13-9-10-14(13)12-7-3-4-8-12/h1-8,11-14H,9-10H2/t13-,14+. The van der Waals surface area contributed by atoms with Crippen molar-refractivity contribution in [1.29, 1.82) is 0 Å². The van der Waals surface area contributed by atoms with Crippen LogP contribution in [0.15, 0.2) is 48.6 Å². The first-order valence-electron chi connectivity index (χ1n) is 5.65. The Morgan fingerprint density at radius 3 is 1.21 bits per heavy atom. The Balaban J connectivity index is 1.70. The van der Waals surface area contributed by atoms with Crippen molar-refractivity contribution < 1.29 is 0 Å². The second-order valence-corrected chi connectivity index (χ2v) is 4.60. The third kappa shape index (κ3) is 1.21. The lowest BCUT2D eigenvalue weighted by Gasteiger charge is -2.42. The summed E-state index contributed by atoms with van der Waals surface area (Å²) in [4.78, 5) is 0. The number of rotatable bonds is 2. The molecule has 0 saturated heterocycles. The number of hydrogen-bond donors (Lipinski definition) is 0. The average Bonchev–Trinajstić information content (AvgIpc) is 2.73. The van der Waals surface area contributed by atoms with Crippen molar-refractivity contribution in [2.75, 3.05) is 0 Å². The number of allylic oxidation sites excluding steroid dienone is 8. The summed E-state index contributed by atoms with van der Waals surface area (Å²) in [6.45, 7) is 0. The highest BCUT2D eigenvalue weighted by Gasteiger charge is 2.38. The summed E-state index contributed by atoms with van der Waals surface area (Å²) < 4.78 is 0. The Kier molecular flexibility index (Phi) is 1.93. The third-order valence-corrected chi connectivity index (χ3v) is 3.93. The minimum absolute atomic E-state index is 0.733. The van der Waals surface area contributed by atoms with Gasteiger partial charge in [0.25, 0.3) is 0 Å². The zero-order valence-electron chi connectivity index (χ0n) is 8.34. The highest BCUT2D eigenvalue weighted by Crippen LogP contribution is 2.47. The van der Waals surface area contributed by atoms with E-state index in [9.17, 15) is 0 Å². The topological polar surface area (TPSA) is 0 Å². The molecule has 0 heteroatoms. The zero-order chi connectivity index (χ0) is 9.38. The summed E-state index contributed by atoms with van der Waals surface area (Å²) in [5.41, 5.74) is 0. The molecule has 72 valence electrons.